The van der Waals surface area contributed by atoms with Gasteiger partial charge in [-0.15, -0.1) is 0 Å². The van der Waals surface area contributed by atoms with E-state index in [0.29, 0.717) is 0 Å². The van der Waals surface area contributed by atoms with Crippen molar-refractivity contribution in [2.45, 2.75) is 4.90 Å². The first-order chi connectivity index (χ1) is 9.28. The Balaban J connectivity index is 2.40. The largest absolute Gasteiger partial charge is 0.326 e. The van der Waals surface area contributed by atoms with E-state index in [9.17, 15) is 13.2 Å². The number of hydrogen-bond donors (Lipinski definition) is 2. The van der Waals surface area contributed by atoms with Crippen LogP contribution in [0.15, 0.2) is 28.0 Å². The van der Waals surface area contributed by atoms with Crippen molar-refractivity contribution in [3.05, 3.63) is 44.1 Å². The van der Waals surface area contributed by atoms with E-state index >= 15 is 0 Å². The third-order valence-corrected chi connectivity index (χ3v) is 4.03. The van der Waals surface area contributed by atoms with Gasteiger partial charge in [0.2, 0.25) is 5.28 Å². The monoisotopic (exact) mass is 354 g/mol. The maximum absolute atomic E-state index is 12.0. The van der Waals surface area contributed by atoms with Gasteiger partial charge in [-0.05, 0) is 17.7 Å². The van der Waals surface area contributed by atoms with Crippen molar-refractivity contribution < 1.29 is 8.42 Å². The van der Waals surface area contributed by atoms with Gasteiger partial charge in [0.15, 0.2) is 0 Å². The number of nitrogens with zero attached hydrogens (tertiary/aromatic N) is 2. The van der Waals surface area contributed by atoms with Crippen LogP contribution in [-0.2, 0) is 10.0 Å². The minimum atomic E-state index is -4.00. The minimum absolute atomic E-state index is 0.0257. The molecule has 2 heterocycles. The van der Waals surface area contributed by atoms with Gasteiger partial charge >= 0.3 is 0 Å². The Labute approximate surface area is 128 Å². The van der Waals surface area contributed by atoms with Crippen molar-refractivity contribution in [2.24, 2.45) is 0 Å². The molecule has 2 aromatic rings. The van der Waals surface area contributed by atoms with Crippen molar-refractivity contribution in [3.8, 4) is 0 Å². The molecular weight excluding hydrogens is 351 g/mol. The molecule has 0 atom stereocenters. The second kappa shape index (κ2) is 5.57. The fourth-order valence-electron chi connectivity index (χ4n) is 1.23. The van der Waals surface area contributed by atoms with Crippen LogP contribution >= 0.6 is 34.8 Å². The molecule has 0 aliphatic rings. The summed E-state index contributed by atoms with van der Waals surface area (Å²) in [6.07, 6.45) is 1.00. The Morgan fingerprint density at radius 2 is 1.85 bits per heavy atom. The van der Waals surface area contributed by atoms with E-state index in [2.05, 4.69) is 19.7 Å². The van der Waals surface area contributed by atoms with E-state index in [0.717, 1.165) is 12.3 Å². The molecule has 11 heteroatoms. The minimum Gasteiger partial charge on any atom is -0.326 e. The molecule has 0 aromatic carbocycles. The van der Waals surface area contributed by atoms with Crippen molar-refractivity contribution in [2.75, 3.05) is 4.72 Å². The molecule has 7 nitrogen and oxygen atoms in total. The lowest BCUT2D eigenvalue weighted by molar-refractivity contribution is 0.600. The maximum atomic E-state index is 12.0. The van der Waals surface area contributed by atoms with E-state index in [1.54, 1.807) is 0 Å². The number of rotatable bonds is 3. The summed E-state index contributed by atoms with van der Waals surface area (Å²) in [5, 5.41) is -0.497. The summed E-state index contributed by atoms with van der Waals surface area (Å²) in [5.74, 6) is -0.114. The van der Waals surface area contributed by atoms with Crippen LogP contribution in [0.3, 0.4) is 0 Å². The van der Waals surface area contributed by atoms with Gasteiger partial charge in [-0.1, -0.05) is 23.2 Å². The average Bonchev–Trinajstić information content (AvgIpc) is 2.30. The van der Waals surface area contributed by atoms with Crippen LogP contribution in [-0.4, -0.2) is 23.4 Å². The molecule has 2 aromatic heterocycles. The molecule has 106 valence electrons. The lowest BCUT2D eigenvalue weighted by Crippen LogP contribution is -2.16. The maximum Gasteiger partial charge on any atom is 0.266 e. The molecule has 0 fully saturated rings. The van der Waals surface area contributed by atoms with E-state index in [1.807, 2.05) is 0 Å². The molecule has 0 radical (unpaired) electrons. The highest BCUT2D eigenvalue weighted by Gasteiger charge is 2.17. The van der Waals surface area contributed by atoms with Crippen LogP contribution in [0.4, 0.5) is 5.82 Å². The van der Waals surface area contributed by atoms with Gasteiger partial charge < -0.3 is 4.98 Å². The fraction of sp³-hybridized carbons (Fsp3) is 0. The predicted molar refractivity (Wildman–Crippen MR) is 74.9 cm³/mol. The van der Waals surface area contributed by atoms with Gasteiger partial charge in [0, 0.05) is 12.3 Å². The summed E-state index contributed by atoms with van der Waals surface area (Å²) < 4.78 is 26.2. The molecule has 0 saturated heterocycles. The van der Waals surface area contributed by atoms with Gasteiger partial charge in [0.05, 0.1) is 0 Å². The normalized spacial score (nSPS) is 11.3. The van der Waals surface area contributed by atoms with Crippen molar-refractivity contribution in [1.29, 1.82) is 0 Å². The van der Waals surface area contributed by atoms with Crippen LogP contribution in [0.2, 0.25) is 15.5 Å². The smallest absolute Gasteiger partial charge is 0.266 e. The third-order valence-electron chi connectivity index (χ3n) is 2.05. The van der Waals surface area contributed by atoms with E-state index in [1.165, 1.54) is 6.07 Å². The topological polar surface area (TPSA) is 105 Å². The molecule has 0 amide bonds. The van der Waals surface area contributed by atoms with Crippen molar-refractivity contribution in [1.82, 2.24) is 15.0 Å². The third kappa shape index (κ3) is 3.40. The highest BCUT2D eigenvalue weighted by molar-refractivity contribution is 7.92. The summed E-state index contributed by atoms with van der Waals surface area (Å²) in [6, 6.07) is 2.19. The standard InChI is InChI=1S/C9H5Cl3N4O3S/c10-5-1-4(3-13-8(5)17)20(18,19)16-7-2-6(11)14-9(12)15-7/h1-3H,(H,13,17)(H,14,15,16). The highest BCUT2D eigenvalue weighted by atomic mass is 35.5. The average molecular weight is 356 g/mol. The molecule has 0 saturated carbocycles. The fourth-order valence-corrected chi connectivity index (χ4v) is 2.86. The molecule has 0 aliphatic carbocycles. The summed E-state index contributed by atoms with van der Waals surface area (Å²) in [7, 11) is -4.00. The van der Waals surface area contributed by atoms with Gasteiger partial charge in [-0.25, -0.2) is 13.4 Å². The second-order valence-electron chi connectivity index (χ2n) is 3.46. The Bertz CT molecular complexity index is 801. The van der Waals surface area contributed by atoms with Gasteiger partial charge in [0.1, 0.15) is 20.9 Å². The van der Waals surface area contributed by atoms with Crippen LogP contribution in [0, 0.1) is 0 Å². The predicted octanol–water partition coefficient (Wildman–Crippen LogP) is 1.93. The summed E-state index contributed by atoms with van der Waals surface area (Å²) in [6.45, 7) is 0. The quantitative estimate of drug-likeness (QED) is 0.646. The Kier molecular flexibility index (Phi) is 4.19. The summed E-state index contributed by atoms with van der Waals surface area (Å²) >= 11 is 16.8. The van der Waals surface area contributed by atoms with Gasteiger partial charge in [-0.2, -0.15) is 4.98 Å². The molecular formula is C9H5Cl3N4O3S. The first-order valence-electron chi connectivity index (χ1n) is 4.89. The number of halogens is 3. The zero-order valence-corrected chi connectivity index (χ0v) is 12.5. The number of aromatic amines is 1. The Hall–Kier alpha value is -1.35. The first kappa shape index (κ1) is 15.0. The first-order valence-corrected chi connectivity index (χ1v) is 7.51. The van der Waals surface area contributed by atoms with Gasteiger partial charge in [-0.3, -0.25) is 9.52 Å². The number of anilines is 1. The zero-order valence-electron chi connectivity index (χ0n) is 9.39. The van der Waals surface area contributed by atoms with Crippen LogP contribution in [0.5, 0.6) is 0 Å². The summed E-state index contributed by atoms with van der Waals surface area (Å²) in [5.41, 5.74) is -0.598. The number of pyridine rings is 1. The molecule has 2 rings (SSSR count). The number of H-pyrrole nitrogens is 1. The zero-order chi connectivity index (χ0) is 14.9. The Morgan fingerprint density at radius 1 is 1.15 bits per heavy atom. The SMILES string of the molecule is O=c1[nH]cc(S(=O)(=O)Nc2cc(Cl)nc(Cl)n2)cc1Cl. The van der Waals surface area contributed by atoms with E-state index in [-0.39, 0.29) is 26.2 Å². The van der Waals surface area contributed by atoms with Crippen LogP contribution in [0.1, 0.15) is 0 Å². The molecule has 2 N–H and O–H groups in total. The van der Waals surface area contributed by atoms with Gasteiger partial charge in [0.25, 0.3) is 15.6 Å². The highest BCUT2D eigenvalue weighted by Crippen LogP contribution is 2.18. The summed E-state index contributed by atoms with van der Waals surface area (Å²) in [4.78, 5) is 20.3. The van der Waals surface area contributed by atoms with E-state index < -0.39 is 15.6 Å². The van der Waals surface area contributed by atoms with Crippen LogP contribution in [0.25, 0.3) is 0 Å². The van der Waals surface area contributed by atoms with Crippen molar-refractivity contribution >= 4 is 50.6 Å². The van der Waals surface area contributed by atoms with Crippen molar-refractivity contribution in [3.63, 3.8) is 0 Å². The Morgan fingerprint density at radius 3 is 2.45 bits per heavy atom. The lowest BCUT2D eigenvalue weighted by Gasteiger charge is -2.07. The number of hydrogen-bond acceptors (Lipinski definition) is 5. The number of sulfonamides is 1. The molecule has 20 heavy (non-hydrogen) atoms. The molecule has 0 bridgehead atoms. The second-order valence-corrected chi connectivity index (χ2v) is 6.28. The van der Waals surface area contributed by atoms with E-state index in [4.69, 9.17) is 34.8 Å². The van der Waals surface area contributed by atoms with Crippen LogP contribution < -0.4 is 10.3 Å². The number of nitrogens with one attached hydrogen (secondary N) is 2. The molecule has 0 unspecified atom stereocenters. The number of aromatic nitrogens is 3. The molecule has 0 spiro atoms. The molecule has 0 aliphatic heterocycles. The lowest BCUT2D eigenvalue weighted by atomic mass is 10.5.